The fourth-order valence-electron chi connectivity index (χ4n) is 4.31. The van der Waals surface area contributed by atoms with Gasteiger partial charge in [0, 0.05) is 38.8 Å². The van der Waals surface area contributed by atoms with E-state index in [1.54, 1.807) is 7.11 Å². The molecule has 1 spiro atoms. The van der Waals surface area contributed by atoms with E-state index in [0.717, 1.165) is 63.5 Å². The number of para-hydroxylation sites is 1. The number of halogens is 1. The van der Waals surface area contributed by atoms with E-state index in [-0.39, 0.29) is 35.6 Å². The molecule has 2 aliphatic rings. The first-order valence-electron chi connectivity index (χ1n) is 11.2. The molecule has 2 N–H and O–H groups in total. The van der Waals surface area contributed by atoms with Crippen molar-refractivity contribution in [3.63, 3.8) is 0 Å². The fourth-order valence-corrected chi connectivity index (χ4v) is 4.31. The number of fused-ring (bicyclic) bond motifs is 1. The fraction of sp³-hybridized carbons (Fsp3) is 0.696. The molecule has 30 heavy (non-hydrogen) atoms. The van der Waals surface area contributed by atoms with Gasteiger partial charge >= 0.3 is 0 Å². The summed E-state index contributed by atoms with van der Waals surface area (Å²) < 4.78 is 17.0. The van der Waals surface area contributed by atoms with E-state index in [9.17, 15) is 0 Å². The van der Waals surface area contributed by atoms with Crippen LogP contribution in [0.2, 0.25) is 0 Å². The van der Waals surface area contributed by atoms with Crippen molar-refractivity contribution in [1.29, 1.82) is 0 Å². The van der Waals surface area contributed by atoms with Crippen LogP contribution in [-0.2, 0) is 9.47 Å². The molecule has 7 heteroatoms. The molecule has 1 aliphatic carbocycles. The van der Waals surface area contributed by atoms with Gasteiger partial charge in [0.05, 0.1) is 19.3 Å². The molecule has 0 saturated heterocycles. The lowest BCUT2D eigenvalue weighted by Gasteiger charge is -2.40. The highest BCUT2D eigenvalue weighted by Gasteiger charge is 2.43. The predicted octanol–water partition coefficient (Wildman–Crippen LogP) is 4.44. The van der Waals surface area contributed by atoms with E-state index >= 15 is 0 Å². The van der Waals surface area contributed by atoms with E-state index in [2.05, 4.69) is 41.8 Å². The minimum absolute atomic E-state index is 0. The van der Waals surface area contributed by atoms with Crippen LogP contribution in [0.5, 0.6) is 5.75 Å². The quantitative estimate of drug-likeness (QED) is 0.202. The van der Waals surface area contributed by atoms with Gasteiger partial charge in [-0.05, 0) is 51.5 Å². The molecule has 1 saturated carbocycles. The Labute approximate surface area is 198 Å². The Kier molecular flexibility index (Phi) is 11.2. The first kappa shape index (κ1) is 25.2. The van der Waals surface area contributed by atoms with Crippen molar-refractivity contribution in [3.8, 4) is 5.75 Å². The summed E-state index contributed by atoms with van der Waals surface area (Å²) in [5, 5.41) is 7.10. The number of methoxy groups -OCH3 is 1. The van der Waals surface area contributed by atoms with Gasteiger partial charge < -0.3 is 24.8 Å². The minimum Gasteiger partial charge on any atom is -0.487 e. The monoisotopic (exact) mass is 531 g/mol. The molecule has 3 rings (SSSR count). The van der Waals surface area contributed by atoms with Gasteiger partial charge in [0.2, 0.25) is 0 Å². The van der Waals surface area contributed by atoms with E-state index in [1.165, 1.54) is 18.4 Å². The van der Waals surface area contributed by atoms with Gasteiger partial charge in [-0.1, -0.05) is 18.2 Å². The molecule has 1 heterocycles. The number of nitrogens with one attached hydrogen (secondary N) is 2. The molecule has 0 bridgehead atoms. The molecule has 1 unspecified atom stereocenters. The molecule has 1 aromatic carbocycles. The van der Waals surface area contributed by atoms with E-state index in [0.29, 0.717) is 13.2 Å². The summed E-state index contributed by atoms with van der Waals surface area (Å²) in [5.41, 5.74) is 1.23. The Morgan fingerprint density at radius 2 is 1.97 bits per heavy atom. The van der Waals surface area contributed by atoms with Gasteiger partial charge in [-0.15, -0.1) is 24.0 Å². The van der Waals surface area contributed by atoms with Crippen LogP contribution in [0, 0.1) is 0 Å². The van der Waals surface area contributed by atoms with Crippen LogP contribution in [0.25, 0.3) is 0 Å². The molecule has 1 fully saturated rings. The van der Waals surface area contributed by atoms with Gasteiger partial charge in [-0.25, -0.2) is 0 Å². The zero-order chi connectivity index (χ0) is 20.4. The second kappa shape index (κ2) is 13.4. The third-order valence-electron chi connectivity index (χ3n) is 5.77. The third-order valence-corrected chi connectivity index (χ3v) is 5.77. The summed E-state index contributed by atoms with van der Waals surface area (Å²) in [6.45, 7) is 5.83. The number of unbranched alkanes of at least 4 members (excludes halogenated alkanes) is 1. The number of hydrogen-bond donors (Lipinski definition) is 2. The number of rotatable bonds is 10. The normalized spacial score (nSPS) is 19.7. The van der Waals surface area contributed by atoms with E-state index in [4.69, 9.17) is 19.2 Å². The maximum atomic E-state index is 6.48. The van der Waals surface area contributed by atoms with Crippen molar-refractivity contribution < 1.29 is 14.2 Å². The van der Waals surface area contributed by atoms with Gasteiger partial charge in [-0.2, -0.15) is 0 Å². The maximum Gasteiger partial charge on any atom is 0.191 e. The smallest absolute Gasteiger partial charge is 0.191 e. The lowest BCUT2D eigenvalue weighted by Crippen LogP contribution is -2.46. The number of aliphatic imine (C=N–C) groups is 1. The van der Waals surface area contributed by atoms with Crippen LogP contribution in [0.15, 0.2) is 29.3 Å². The third kappa shape index (κ3) is 7.27. The summed E-state index contributed by atoms with van der Waals surface area (Å²) in [7, 11) is 1.69. The van der Waals surface area contributed by atoms with E-state index in [1.807, 2.05) is 0 Å². The second-order valence-corrected chi connectivity index (χ2v) is 8.00. The van der Waals surface area contributed by atoms with Crippen LogP contribution in [0.3, 0.4) is 0 Å². The van der Waals surface area contributed by atoms with Gasteiger partial charge in [0.15, 0.2) is 5.96 Å². The molecule has 1 aromatic rings. The first-order valence-corrected chi connectivity index (χ1v) is 11.2. The zero-order valence-electron chi connectivity index (χ0n) is 18.5. The molecule has 0 radical (unpaired) electrons. The molecule has 0 aromatic heterocycles. The van der Waals surface area contributed by atoms with Crippen LogP contribution in [-0.4, -0.2) is 51.6 Å². The second-order valence-electron chi connectivity index (χ2n) is 8.00. The standard InChI is InChI=1S/C23H37N3O3.HI/c1-3-24-22(25-14-8-9-15-28-17-16-27-2)26-20-18-23(12-6-7-13-23)29-21-11-5-4-10-19(20)21;/h4-5,10-11,20H,3,6-9,12-18H2,1-2H3,(H2,24,25,26);1H. The summed E-state index contributed by atoms with van der Waals surface area (Å²) in [6.07, 6.45) is 7.84. The van der Waals surface area contributed by atoms with Crippen molar-refractivity contribution in [2.24, 2.45) is 4.99 Å². The number of nitrogens with zero attached hydrogens (tertiary/aromatic N) is 1. The average molecular weight is 531 g/mol. The molecule has 6 nitrogen and oxygen atoms in total. The van der Waals surface area contributed by atoms with Crippen molar-refractivity contribution in [1.82, 2.24) is 10.6 Å². The summed E-state index contributed by atoms with van der Waals surface area (Å²) in [4.78, 5) is 4.80. The zero-order valence-corrected chi connectivity index (χ0v) is 20.8. The molecular formula is C23H38IN3O3. The maximum absolute atomic E-state index is 6.48. The van der Waals surface area contributed by atoms with Gasteiger partial charge in [0.25, 0.3) is 0 Å². The van der Waals surface area contributed by atoms with E-state index < -0.39 is 0 Å². The Morgan fingerprint density at radius 3 is 2.73 bits per heavy atom. The lowest BCUT2D eigenvalue weighted by molar-refractivity contribution is 0.0396. The highest BCUT2D eigenvalue weighted by atomic mass is 127. The largest absolute Gasteiger partial charge is 0.487 e. The number of ether oxygens (including phenoxy) is 3. The molecule has 0 amide bonds. The van der Waals surface area contributed by atoms with Crippen molar-refractivity contribution in [2.75, 3.05) is 40.0 Å². The summed E-state index contributed by atoms with van der Waals surface area (Å²) >= 11 is 0. The Bertz CT molecular complexity index is 650. The highest BCUT2D eigenvalue weighted by molar-refractivity contribution is 14.0. The summed E-state index contributed by atoms with van der Waals surface area (Å²) in [5.74, 6) is 1.92. The SMILES string of the molecule is CCNC(=NCCCCOCCOC)NC1CC2(CCCC2)Oc2ccccc21.I. The van der Waals surface area contributed by atoms with Gasteiger partial charge in [-0.3, -0.25) is 4.99 Å². The topological polar surface area (TPSA) is 64.1 Å². The van der Waals surface area contributed by atoms with Crippen LogP contribution < -0.4 is 15.4 Å². The molecule has 1 atom stereocenters. The number of hydrogen-bond acceptors (Lipinski definition) is 4. The molecule has 1 aliphatic heterocycles. The summed E-state index contributed by atoms with van der Waals surface area (Å²) in [6, 6.07) is 8.68. The minimum atomic E-state index is -0.0110. The van der Waals surface area contributed by atoms with Crippen molar-refractivity contribution >= 4 is 29.9 Å². The molecular weight excluding hydrogens is 493 g/mol. The Hall–Kier alpha value is -1.06. The first-order chi connectivity index (χ1) is 14.3. The van der Waals surface area contributed by atoms with Crippen LogP contribution in [0.1, 0.15) is 63.5 Å². The molecule has 170 valence electrons. The van der Waals surface area contributed by atoms with Crippen molar-refractivity contribution in [3.05, 3.63) is 29.8 Å². The predicted molar refractivity (Wildman–Crippen MR) is 132 cm³/mol. The van der Waals surface area contributed by atoms with Crippen LogP contribution >= 0.6 is 24.0 Å². The number of benzene rings is 1. The van der Waals surface area contributed by atoms with Crippen LogP contribution in [0.4, 0.5) is 0 Å². The van der Waals surface area contributed by atoms with Crippen molar-refractivity contribution in [2.45, 2.75) is 63.5 Å². The Balaban J connectivity index is 0.00000320. The van der Waals surface area contributed by atoms with Gasteiger partial charge in [0.1, 0.15) is 11.4 Å². The lowest BCUT2D eigenvalue weighted by atomic mass is 9.86. The average Bonchev–Trinajstić information content (AvgIpc) is 3.17. The Morgan fingerprint density at radius 1 is 1.17 bits per heavy atom. The highest BCUT2D eigenvalue weighted by Crippen LogP contribution is 2.46. The number of guanidine groups is 1.